The van der Waals surface area contributed by atoms with Gasteiger partial charge in [0.25, 0.3) is 0 Å². The number of halogens is 1. The summed E-state index contributed by atoms with van der Waals surface area (Å²) in [6.07, 6.45) is 1.95. The van der Waals surface area contributed by atoms with Crippen molar-refractivity contribution in [2.45, 2.75) is 19.4 Å². The number of tetrazole rings is 1. The fraction of sp³-hybridized carbons (Fsp3) is 0.318. The summed E-state index contributed by atoms with van der Waals surface area (Å²) < 4.78 is 1.50. The fourth-order valence-electron chi connectivity index (χ4n) is 3.66. The average Bonchev–Trinajstić information content (AvgIpc) is 3.35. The Kier molecular flexibility index (Phi) is 6.65. The first-order chi connectivity index (χ1) is 15.5. The highest BCUT2D eigenvalue weighted by molar-refractivity contribution is 6.31. The molecule has 10 heteroatoms. The Morgan fingerprint density at radius 1 is 1.06 bits per heavy atom. The third kappa shape index (κ3) is 5.05. The lowest BCUT2D eigenvalue weighted by Crippen LogP contribution is -2.53. The van der Waals surface area contributed by atoms with Crippen molar-refractivity contribution < 1.29 is 9.59 Å². The Bertz CT molecular complexity index is 1070. The standard InChI is InChI=1S/C22H24ClN7O2/c1-16-7-8-18(14-19(16)23)25-22(32)29-11-9-28(10-12-29)21(31)20(30-15-24-26-27-30)13-17-5-3-2-4-6-17/h2-8,14-15,20H,9-13H2,1H3,(H,25,32)/t20-/m0/s1. The molecule has 9 nitrogen and oxygen atoms in total. The van der Waals surface area contributed by atoms with E-state index in [0.29, 0.717) is 43.3 Å². The van der Waals surface area contributed by atoms with E-state index in [-0.39, 0.29) is 11.9 Å². The van der Waals surface area contributed by atoms with E-state index in [1.807, 2.05) is 49.4 Å². The second-order valence-corrected chi connectivity index (χ2v) is 8.11. The molecule has 166 valence electrons. The van der Waals surface area contributed by atoms with Crippen LogP contribution in [-0.4, -0.2) is 68.1 Å². The summed E-state index contributed by atoms with van der Waals surface area (Å²) >= 11 is 6.14. The summed E-state index contributed by atoms with van der Waals surface area (Å²) in [5.41, 5.74) is 2.62. The number of amides is 3. The third-order valence-electron chi connectivity index (χ3n) is 5.54. The SMILES string of the molecule is Cc1ccc(NC(=O)N2CCN(C(=O)[C@H](Cc3ccccc3)n3cnnn3)CC2)cc1Cl. The van der Waals surface area contributed by atoms with Gasteiger partial charge in [0.05, 0.1) is 0 Å². The van der Waals surface area contributed by atoms with Crippen LogP contribution in [0.2, 0.25) is 5.02 Å². The van der Waals surface area contributed by atoms with E-state index in [9.17, 15) is 9.59 Å². The predicted octanol–water partition coefficient (Wildman–Crippen LogP) is 2.80. The normalized spacial score (nSPS) is 14.8. The zero-order chi connectivity index (χ0) is 22.5. The van der Waals surface area contributed by atoms with Crippen LogP contribution in [0.5, 0.6) is 0 Å². The van der Waals surface area contributed by atoms with E-state index in [1.54, 1.807) is 15.9 Å². The highest BCUT2D eigenvalue weighted by atomic mass is 35.5. The molecule has 0 aliphatic carbocycles. The van der Waals surface area contributed by atoms with E-state index in [4.69, 9.17) is 11.6 Å². The molecule has 1 N–H and O–H groups in total. The van der Waals surface area contributed by atoms with Crippen molar-refractivity contribution in [3.05, 3.63) is 71.0 Å². The van der Waals surface area contributed by atoms with Crippen LogP contribution in [0.15, 0.2) is 54.9 Å². The monoisotopic (exact) mass is 453 g/mol. The zero-order valence-corrected chi connectivity index (χ0v) is 18.4. The number of aromatic nitrogens is 4. The highest BCUT2D eigenvalue weighted by Gasteiger charge is 2.31. The number of benzene rings is 2. The van der Waals surface area contributed by atoms with Crippen LogP contribution in [-0.2, 0) is 11.2 Å². The number of nitrogens with one attached hydrogen (secondary N) is 1. The van der Waals surface area contributed by atoms with Gasteiger partial charge in [-0.15, -0.1) is 5.10 Å². The lowest BCUT2D eigenvalue weighted by Gasteiger charge is -2.36. The van der Waals surface area contributed by atoms with Gasteiger partial charge in [0.15, 0.2) is 0 Å². The number of hydrogen-bond acceptors (Lipinski definition) is 5. The predicted molar refractivity (Wildman–Crippen MR) is 120 cm³/mol. The Morgan fingerprint density at radius 2 is 1.78 bits per heavy atom. The molecule has 0 saturated carbocycles. The maximum absolute atomic E-state index is 13.3. The van der Waals surface area contributed by atoms with E-state index in [1.165, 1.54) is 11.0 Å². The van der Waals surface area contributed by atoms with Gasteiger partial charge in [-0.25, -0.2) is 9.48 Å². The Hall–Kier alpha value is -3.46. The number of carbonyl (C=O) groups excluding carboxylic acids is 2. The van der Waals surface area contributed by atoms with Gasteiger partial charge in [-0.2, -0.15) is 0 Å². The van der Waals surface area contributed by atoms with E-state index < -0.39 is 6.04 Å². The molecule has 1 aromatic heterocycles. The average molecular weight is 454 g/mol. The topological polar surface area (TPSA) is 96.2 Å². The van der Waals surface area contributed by atoms with Gasteiger partial charge in [0.1, 0.15) is 12.4 Å². The number of piperazine rings is 1. The molecule has 2 heterocycles. The molecular weight excluding hydrogens is 430 g/mol. The van der Waals surface area contributed by atoms with Gasteiger partial charge >= 0.3 is 6.03 Å². The fourth-order valence-corrected chi connectivity index (χ4v) is 3.84. The number of anilines is 1. The molecule has 0 unspecified atom stereocenters. The number of nitrogens with zero attached hydrogens (tertiary/aromatic N) is 6. The molecule has 32 heavy (non-hydrogen) atoms. The van der Waals surface area contributed by atoms with Gasteiger partial charge in [-0.3, -0.25) is 4.79 Å². The quantitative estimate of drug-likeness (QED) is 0.640. The minimum Gasteiger partial charge on any atom is -0.337 e. The Balaban J connectivity index is 1.38. The second-order valence-electron chi connectivity index (χ2n) is 7.70. The molecule has 1 aliphatic heterocycles. The number of carbonyl (C=O) groups is 2. The van der Waals surface area contributed by atoms with Crippen molar-refractivity contribution in [3.8, 4) is 0 Å². The van der Waals surface area contributed by atoms with Crippen LogP contribution >= 0.6 is 11.6 Å². The van der Waals surface area contributed by atoms with E-state index in [2.05, 4.69) is 20.8 Å². The van der Waals surface area contributed by atoms with Gasteiger partial charge in [-0.05, 0) is 40.6 Å². The number of rotatable bonds is 5. The molecular formula is C22H24ClN7O2. The maximum atomic E-state index is 13.3. The molecule has 3 aromatic rings. The van der Waals surface area contributed by atoms with Crippen molar-refractivity contribution >= 4 is 29.2 Å². The molecule has 3 amide bonds. The van der Waals surface area contributed by atoms with E-state index >= 15 is 0 Å². The van der Waals surface area contributed by atoms with Gasteiger partial charge in [-0.1, -0.05) is 48.0 Å². The first-order valence-corrected chi connectivity index (χ1v) is 10.8. The molecule has 4 rings (SSSR count). The number of urea groups is 1. The molecule has 0 bridgehead atoms. The Morgan fingerprint density at radius 3 is 2.44 bits per heavy atom. The third-order valence-corrected chi connectivity index (χ3v) is 5.95. The lowest BCUT2D eigenvalue weighted by molar-refractivity contribution is -0.136. The minimum absolute atomic E-state index is 0.0634. The lowest BCUT2D eigenvalue weighted by atomic mass is 10.0. The van der Waals surface area contributed by atoms with Crippen LogP contribution in [0, 0.1) is 6.92 Å². The molecule has 1 fully saturated rings. The van der Waals surface area contributed by atoms with Gasteiger partial charge < -0.3 is 15.1 Å². The van der Waals surface area contributed by atoms with Crippen LogP contribution in [0.3, 0.4) is 0 Å². The van der Waals surface area contributed by atoms with Crippen molar-refractivity contribution in [2.24, 2.45) is 0 Å². The van der Waals surface area contributed by atoms with Crippen LogP contribution < -0.4 is 5.32 Å². The highest BCUT2D eigenvalue weighted by Crippen LogP contribution is 2.21. The number of hydrogen-bond donors (Lipinski definition) is 1. The first-order valence-electron chi connectivity index (χ1n) is 10.4. The summed E-state index contributed by atoms with van der Waals surface area (Å²) in [6, 6.07) is 14.4. The molecule has 0 radical (unpaired) electrons. The molecule has 1 aliphatic rings. The smallest absolute Gasteiger partial charge is 0.321 e. The largest absolute Gasteiger partial charge is 0.337 e. The zero-order valence-electron chi connectivity index (χ0n) is 17.7. The molecule has 1 atom stereocenters. The Labute approximate surface area is 191 Å². The molecule has 0 spiro atoms. The van der Waals surface area contributed by atoms with Crippen molar-refractivity contribution in [2.75, 3.05) is 31.5 Å². The maximum Gasteiger partial charge on any atom is 0.321 e. The van der Waals surface area contributed by atoms with Crippen LogP contribution in [0.4, 0.5) is 10.5 Å². The van der Waals surface area contributed by atoms with Gasteiger partial charge in [0, 0.05) is 43.3 Å². The van der Waals surface area contributed by atoms with E-state index in [0.717, 1.165) is 11.1 Å². The molecule has 2 aromatic carbocycles. The molecule has 1 saturated heterocycles. The summed E-state index contributed by atoms with van der Waals surface area (Å²) in [4.78, 5) is 29.4. The van der Waals surface area contributed by atoms with Crippen molar-refractivity contribution in [1.29, 1.82) is 0 Å². The summed E-state index contributed by atoms with van der Waals surface area (Å²) in [5.74, 6) is -0.0634. The second kappa shape index (κ2) is 9.78. The van der Waals surface area contributed by atoms with Crippen LogP contribution in [0.1, 0.15) is 17.2 Å². The number of aryl methyl sites for hydroxylation is 1. The van der Waals surface area contributed by atoms with Crippen molar-refractivity contribution in [3.63, 3.8) is 0 Å². The van der Waals surface area contributed by atoms with Crippen molar-refractivity contribution in [1.82, 2.24) is 30.0 Å². The van der Waals surface area contributed by atoms with Gasteiger partial charge in [0.2, 0.25) is 5.91 Å². The summed E-state index contributed by atoms with van der Waals surface area (Å²) in [5, 5.41) is 14.8. The summed E-state index contributed by atoms with van der Waals surface area (Å²) in [6.45, 7) is 3.66. The first kappa shape index (κ1) is 21.8. The summed E-state index contributed by atoms with van der Waals surface area (Å²) in [7, 11) is 0. The van der Waals surface area contributed by atoms with Crippen LogP contribution in [0.25, 0.3) is 0 Å². The minimum atomic E-state index is -0.539.